The van der Waals surface area contributed by atoms with E-state index < -0.39 is 0 Å². The minimum Gasteiger partial charge on any atom is -0.383 e. The van der Waals surface area contributed by atoms with Gasteiger partial charge in [-0.15, -0.1) is 0 Å². The number of ether oxygens (including phenoxy) is 1. The lowest BCUT2D eigenvalue weighted by atomic mass is 10.1. The van der Waals surface area contributed by atoms with E-state index in [1.807, 2.05) is 16.8 Å². The molecule has 1 aromatic heterocycles. The highest BCUT2D eigenvalue weighted by molar-refractivity contribution is 7.08. The molecule has 0 saturated carbocycles. The second kappa shape index (κ2) is 5.09. The van der Waals surface area contributed by atoms with Gasteiger partial charge in [-0.05, 0) is 22.4 Å². The Hall–Kier alpha value is -1.40. The molecule has 1 amide bonds. The Morgan fingerprint density at radius 2 is 2.50 bits per heavy atom. The SMILES string of the molecule is COCCN=C1NC(=O)C(c2ccsc2)N1. The molecular weight excluding hydrogens is 226 g/mol. The summed E-state index contributed by atoms with van der Waals surface area (Å²) in [5, 5.41) is 9.65. The molecule has 5 nitrogen and oxygen atoms in total. The van der Waals surface area contributed by atoms with E-state index in [1.165, 1.54) is 0 Å². The Kier molecular flexibility index (Phi) is 3.53. The first-order chi connectivity index (χ1) is 7.81. The van der Waals surface area contributed by atoms with Gasteiger partial charge in [0.2, 0.25) is 0 Å². The van der Waals surface area contributed by atoms with Gasteiger partial charge < -0.3 is 10.1 Å². The van der Waals surface area contributed by atoms with Gasteiger partial charge in [0, 0.05) is 7.11 Å². The maximum absolute atomic E-state index is 11.6. The molecule has 6 heteroatoms. The summed E-state index contributed by atoms with van der Waals surface area (Å²) in [6.07, 6.45) is 0. The summed E-state index contributed by atoms with van der Waals surface area (Å²) >= 11 is 1.57. The Bertz CT molecular complexity index is 389. The number of aliphatic imine (C=N–C) groups is 1. The minimum absolute atomic E-state index is 0.0606. The third-order valence-corrected chi connectivity index (χ3v) is 2.93. The van der Waals surface area contributed by atoms with Crippen LogP contribution in [0.25, 0.3) is 0 Å². The number of methoxy groups -OCH3 is 1. The van der Waals surface area contributed by atoms with Crippen molar-refractivity contribution in [3.63, 3.8) is 0 Å². The van der Waals surface area contributed by atoms with Crippen molar-refractivity contribution in [2.75, 3.05) is 20.3 Å². The molecule has 0 aromatic carbocycles. The van der Waals surface area contributed by atoms with Crippen LogP contribution in [0.3, 0.4) is 0 Å². The molecule has 16 heavy (non-hydrogen) atoms. The molecule has 0 bridgehead atoms. The first kappa shape index (κ1) is 11.1. The second-order valence-corrected chi connectivity index (χ2v) is 4.13. The normalized spacial score (nSPS) is 22.2. The Morgan fingerprint density at radius 3 is 3.19 bits per heavy atom. The fourth-order valence-electron chi connectivity index (χ4n) is 1.44. The smallest absolute Gasteiger partial charge is 0.253 e. The molecule has 1 aliphatic heterocycles. The van der Waals surface area contributed by atoms with Crippen LogP contribution in [0.15, 0.2) is 21.8 Å². The average Bonchev–Trinajstić information content (AvgIpc) is 2.87. The van der Waals surface area contributed by atoms with E-state index in [-0.39, 0.29) is 11.9 Å². The first-order valence-electron chi connectivity index (χ1n) is 4.94. The number of thiophene rings is 1. The quantitative estimate of drug-likeness (QED) is 0.753. The van der Waals surface area contributed by atoms with E-state index >= 15 is 0 Å². The van der Waals surface area contributed by atoms with Gasteiger partial charge in [-0.25, -0.2) is 0 Å². The van der Waals surface area contributed by atoms with Crippen molar-refractivity contribution in [1.29, 1.82) is 0 Å². The lowest BCUT2D eigenvalue weighted by Gasteiger charge is -2.04. The van der Waals surface area contributed by atoms with Crippen LogP contribution in [0.2, 0.25) is 0 Å². The van der Waals surface area contributed by atoms with Crippen molar-refractivity contribution >= 4 is 23.2 Å². The third kappa shape index (κ3) is 2.40. The first-order valence-corrected chi connectivity index (χ1v) is 5.88. The molecule has 1 saturated heterocycles. The van der Waals surface area contributed by atoms with Crippen LogP contribution in [0, 0.1) is 0 Å². The molecule has 86 valence electrons. The molecule has 1 unspecified atom stereocenters. The fraction of sp³-hybridized carbons (Fsp3) is 0.400. The van der Waals surface area contributed by atoms with Gasteiger partial charge in [0.1, 0.15) is 6.04 Å². The highest BCUT2D eigenvalue weighted by atomic mass is 32.1. The molecule has 2 N–H and O–H groups in total. The summed E-state index contributed by atoms with van der Waals surface area (Å²) in [5.74, 6) is 0.466. The zero-order chi connectivity index (χ0) is 11.4. The molecule has 1 aromatic rings. The van der Waals surface area contributed by atoms with Crippen molar-refractivity contribution in [2.24, 2.45) is 4.99 Å². The summed E-state index contributed by atoms with van der Waals surface area (Å²) in [7, 11) is 1.62. The Morgan fingerprint density at radius 1 is 1.62 bits per heavy atom. The van der Waals surface area contributed by atoms with E-state index in [2.05, 4.69) is 15.6 Å². The van der Waals surface area contributed by atoms with Crippen LogP contribution in [0.5, 0.6) is 0 Å². The fourth-order valence-corrected chi connectivity index (χ4v) is 2.12. The summed E-state index contributed by atoms with van der Waals surface area (Å²) < 4.78 is 4.88. The number of hydrogen-bond donors (Lipinski definition) is 2. The van der Waals surface area contributed by atoms with E-state index in [4.69, 9.17) is 4.74 Å². The average molecular weight is 239 g/mol. The summed E-state index contributed by atoms with van der Waals surface area (Å²) in [5.41, 5.74) is 0.972. The van der Waals surface area contributed by atoms with E-state index in [0.29, 0.717) is 19.1 Å². The number of hydrogen-bond acceptors (Lipinski definition) is 4. The van der Waals surface area contributed by atoms with Crippen molar-refractivity contribution in [3.8, 4) is 0 Å². The molecule has 0 aliphatic carbocycles. The summed E-state index contributed by atoms with van der Waals surface area (Å²) in [6.45, 7) is 1.08. The molecule has 1 aliphatic rings. The summed E-state index contributed by atoms with van der Waals surface area (Å²) in [6, 6.07) is 1.62. The molecule has 2 heterocycles. The van der Waals surface area contributed by atoms with Gasteiger partial charge in [0.25, 0.3) is 5.91 Å². The van der Waals surface area contributed by atoms with Gasteiger partial charge in [0.15, 0.2) is 5.96 Å². The lowest BCUT2D eigenvalue weighted by molar-refractivity contribution is -0.120. The van der Waals surface area contributed by atoms with Crippen molar-refractivity contribution < 1.29 is 9.53 Å². The molecule has 0 spiro atoms. The second-order valence-electron chi connectivity index (χ2n) is 3.35. The maximum atomic E-state index is 11.6. The van der Waals surface area contributed by atoms with Gasteiger partial charge in [-0.1, -0.05) is 0 Å². The van der Waals surface area contributed by atoms with E-state index in [0.717, 1.165) is 5.56 Å². The maximum Gasteiger partial charge on any atom is 0.253 e. The molecule has 1 atom stereocenters. The van der Waals surface area contributed by atoms with Gasteiger partial charge in [-0.2, -0.15) is 11.3 Å². The van der Waals surface area contributed by atoms with Crippen LogP contribution in [-0.4, -0.2) is 32.1 Å². The third-order valence-electron chi connectivity index (χ3n) is 2.23. The lowest BCUT2D eigenvalue weighted by Crippen LogP contribution is -2.26. The summed E-state index contributed by atoms with van der Waals surface area (Å²) in [4.78, 5) is 15.8. The number of nitrogens with zero attached hydrogens (tertiary/aromatic N) is 1. The van der Waals surface area contributed by atoms with Crippen LogP contribution in [0.1, 0.15) is 11.6 Å². The van der Waals surface area contributed by atoms with Crippen molar-refractivity contribution in [2.45, 2.75) is 6.04 Å². The topological polar surface area (TPSA) is 62.7 Å². The van der Waals surface area contributed by atoms with Crippen LogP contribution < -0.4 is 10.6 Å². The van der Waals surface area contributed by atoms with Gasteiger partial charge >= 0.3 is 0 Å². The van der Waals surface area contributed by atoms with Crippen molar-refractivity contribution in [3.05, 3.63) is 22.4 Å². The monoisotopic (exact) mass is 239 g/mol. The number of nitrogens with one attached hydrogen (secondary N) is 2. The number of amides is 1. The zero-order valence-corrected chi connectivity index (χ0v) is 9.71. The molecule has 0 radical (unpaired) electrons. The van der Waals surface area contributed by atoms with Gasteiger partial charge in [0.05, 0.1) is 13.2 Å². The molecular formula is C10H13N3O2S. The van der Waals surface area contributed by atoms with E-state index in [1.54, 1.807) is 18.4 Å². The van der Waals surface area contributed by atoms with E-state index in [9.17, 15) is 4.79 Å². The number of carbonyl (C=O) groups excluding carboxylic acids is 1. The van der Waals surface area contributed by atoms with Crippen LogP contribution in [0.4, 0.5) is 0 Å². The minimum atomic E-state index is -0.312. The van der Waals surface area contributed by atoms with Crippen molar-refractivity contribution in [1.82, 2.24) is 10.6 Å². The predicted octanol–water partition coefficient (Wildman–Crippen LogP) is 0.511. The Labute approximate surface area is 97.5 Å². The highest BCUT2D eigenvalue weighted by Gasteiger charge is 2.29. The molecule has 1 fully saturated rings. The predicted molar refractivity (Wildman–Crippen MR) is 62.5 cm³/mol. The largest absolute Gasteiger partial charge is 0.383 e. The van der Waals surface area contributed by atoms with Crippen LogP contribution in [-0.2, 0) is 9.53 Å². The number of carbonyl (C=O) groups is 1. The Balaban J connectivity index is 1.99. The highest BCUT2D eigenvalue weighted by Crippen LogP contribution is 2.18. The number of rotatable bonds is 4. The zero-order valence-electron chi connectivity index (χ0n) is 8.90. The van der Waals surface area contributed by atoms with Crippen LogP contribution >= 0.6 is 11.3 Å². The molecule has 2 rings (SSSR count). The standard InChI is InChI=1S/C10H13N3O2S/c1-15-4-3-11-10-12-8(9(14)13-10)7-2-5-16-6-7/h2,5-6,8H,3-4H2,1H3,(H2,11,12,13,14). The van der Waals surface area contributed by atoms with Gasteiger partial charge in [-0.3, -0.25) is 15.1 Å². The number of guanidine groups is 1.